The fraction of sp³-hybridized carbons (Fsp3) is 0.333. The number of rotatable bonds is 3. The van der Waals surface area contributed by atoms with Crippen molar-refractivity contribution in [3.63, 3.8) is 0 Å². The number of halogens is 1. The molecule has 2 aromatic carbocycles. The summed E-state index contributed by atoms with van der Waals surface area (Å²) in [5.41, 5.74) is 7.44. The van der Waals surface area contributed by atoms with E-state index in [2.05, 4.69) is 15.6 Å². The van der Waals surface area contributed by atoms with Crippen LogP contribution >= 0.6 is 0 Å². The Morgan fingerprint density at radius 1 is 1.18 bits per heavy atom. The van der Waals surface area contributed by atoms with E-state index in [1.165, 1.54) is 18.2 Å². The van der Waals surface area contributed by atoms with Gasteiger partial charge in [0.25, 0.3) is 0 Å². The van der Waals surface area contributed by atoms with Crippen LogP contribution in [0.4, 0.5) is 15.8 Å². The van der Waals surface area contributed by atoms with Gasteiger partial charge in [0.05, 0.1) is 44.5 Å². The van der Waals surface area contributed by atoms with Gasteiger partial charge in [0.15, 0.2) is 11.7 Å². The number of fused-ring (bicyclic) bond motifs is 6. The summed E-state index contributed by atoms with van der Waals surface area (Å²) in [6.07, 6.45) is 1.04. The molecule has 4 aliphatic rings. The number of nitrogens with one attached hydrogen (secondary N) is 1. The van der Waals surface area contributed by atoms with Crippen LogP contribution in [-0.4, -0.2) is 50.8 Å². The first-order valence-corrected chi connectivity index (χ1v) is 12.8. The summed E-state index contributed by atoms with van der Waals surface area (Å²) in [6.45, 7) is 0.205. The number of benzene rings is 2. The number of ketones is 1. The molecule has 2 bridgehead atoms. The van der Waals surface area contributed by atoms with Crippen molar-refractivity contribution in [3.05, 3.63) is 53.8 Å². The van der Waals surface area contributed by atoms with Crippen LogP contribution in [0.15, 0.2) is 51.8 Å². The van der Waals surface area contributed by atoms with E-state index < -0.39 is 27.5 Å². The molecule has 0 spiro atoms. The molecule has 1 amide bonds. The normalized spacial score (nSPS) is 33.9. The number of Topliss-reactive ketones (excluding diaryl/α,β-unsaturated/α-hetero) is 1. The number of carbonyl (C=O) groups is 2. The minimum absolute atomic E-state index is 0.0256. The van der Waals surface area contributed by atoms with Gasteiger partial charge in [-0.1, -0.05) is 12.1 Å². The standard InChI is InChI=1S/C24H23FN4O4S/c1-34(32)18-10-14(26)6-7-15(18)27-23(28-34)20-22(30)19-16-8-9-17(33-16)21(19)29(24(20)31)11-12-2-4-13(25)5-3-12/h2-7,10,16-17,19-21H,1,8-9,11,26H2,(H,27,28,32)/t16-,17+,19-,20?,21+,34?/m1/s1. The second-order valence-electron chi connectivity index (χ2n) is 9.23. The number of ether oxygens (including phenoxy) is 1. The van der Waals surface area contributed by atoms with Gasteiger partial charge < -0.3 is 20.7 Å². The minimum atomic E-state index is -3.17. The molecule has 4 heterocycles. The van der Waals surface area contributed by atoms with E-state index in [0.717, 1.165) is 18.4 Å². The third-order valence-electron chi connectivity index (χ3n) is 7.14. The van der Waals surface area contributed by atoms with Crippen molar-refractivity contribution in [2.75, 3.05) is 11.1 Å². The number of likely N-dealkylation sites (tertiary alicyclic amines) is 1. The third-order valence-corrected chi connectivity index (χ3v) is 8.65. The lowest BCUT2D eigenvalue weighted by molar-refractivity contribution is -0.151. The van der Waals surface area contributed by atoms with Crippen LogP contribution in [0.2, 0.25) is 0 Å². The number of anilines is 2. The lowest BCUT2D eigenvalue weighted by Crippen LogP contribution is -2.62. The fourth-order valence-electron chi connectivity index (χ4n) is 5.65. The third kappa shape index (κ3) is 3.16. The van der Waals surface area contributed by atoms with E-state index in [-0.39, 0.29) is 42.2 Å². The SMILES string of the molecule is C=S1(=O)N=C(C2C(=O)[C@H]3[C@H]([C@@H]4CC[C@H]3O4)N(Cc3ccc(F)cc3)C2=O)Nc2ccc(N)cc21. The summed E-state index contributed by atoms with van der Waals surface area (Å²) in [5, 5.41) is 3.04. The Morgan fingerprint density at radius 2 is 1.91 bits per heavy atom. The van der Waals surface area contributed by atoms with E-state index >= 15 is 0 Å². The summed E-state index contributed by atoms with van der Waals surface area (Å²) in [7, 11) is -3.17. The second-order valence-corrected chi connectivity index (χ2v) is 11.1. The summed E-state index contributed by atoms with van der Waals surface area (Å²) >= 11 is 0. The molecule has 3 saturated heterocycles. The van der Waals surface area contributed by atoms with Gasteiger partial charge in [-0.25, -0.2) is 8.60 Å². The number of nitrogens with zero attached hydrogens (tertiary/aromatic N) is 2. The van der Waals surface area contributed by atoms with Gasteiger partial charge in [0, 0.05) is 12.2 Å². The highest BCUT2D eigenvalue weighted by Gasteiger charge is 2.61. The monoisotopic (exact) mass is 482 g/mol. The minimum Gasteiger partial charge on any atom is -0.399 e. The number of nitrogen functional groups attached to an aromatic ring is 1. The number of carbonyl (C=O) groups excluding carboxylic acids is 2. The summed E-state index contributed by atoms with van der Waals surface area (Å²) in [4.78, 5) is 29.5. The molecule has 8 nitrogen and oxygen atoms in total. The highest BCUT2D eigenvalue weighted by Crippen LogP contribution is 2.47. The number of hydrogen-bond acceptors (Lipinski definition) is 6. The average molecular weight is 483 g/mol. The molecule has 0 aliphatic carbocycles. The quantitative estimate of drug-likeness (QED) is 0.393. The van der Waals surface area contributed by atoms with E-state index in [0.29, 0.717) is 16.3 Å². The number of nitrogens with two attached hydrogens (primary N) is 1. The van der Waals surface area contributed by atoms with E-state index in [1.807, 2.05) is 0 Å². The molecule has 3 fully saturated rings. The number of amidine groups is 1. The first kappa shape index (κ1) is 21.3. The van der Waals surface area contributed by atoms with Crippen molar-refractivity contribution in [1.82, 2.24) is 4.90 Å². The van der Waals surface area contributed by atoms with Crippen molar-refractivity contribution >= 4 is 44.5 Å². The zero-order chi connectivity index (χ0) is 23.8. The molecule has 0 saturated carbocycles. The second kappa shape index (κ2) is 7.38. The molecular weight excluding hydrogens is 459 g/mol. The fourth-order valence-corrected chi connectivity index (χ4v) is 7.00. The average Bonchev–Trinajstić information content (AvgIpc) is 3.40. The van der Waals surface area contributed by atoms with Crippen LogP contribution < -0.4 is 11.1 Å². The zero-order valence-electron chi connectivity index (χ0n) is 18.1. The molecule has 4 aliphatic heterocycles. The topological polar surface area (TPSA) is 114 Å². The van der Waals surface area contributed by atoms with Gasteiger partial charge in [-0.3, -0.25) is 9.59 Å². The number of hydrogen-bond donors (Lipinski definition) is 2. The molecule has 0 radical (unpaired) electrons. The molecular formula is C24H23FN4O4S. The van der Waals surface area contributed by atoms with Crippen LogP contribution in [0.1, 0.15) is 18.4 Å². The molecule has 2 aromatic rings. The van der Waals surface area contributed by atoms with Crippen LogP contribution in [0.3, 0.4) is 0 Å². The lowest BCUT2D eigenvalue weighted by atomic mass is 9.73. The molecule has 176 valence electrons. The van der Waals surface area contributed by atoms with Gasteiger partial charge in [-0.05, 0) is 54.6 Å². The van der Waals surface area contributed by atoms with Crippen molar-refractivity contribution in [2.24, 2.45) is 16.2 Å². The Morgan fingerprint density at radius 3 is 2.68 bits per heavy atom. The van der Waals surface area contributed by atoms with E-state index in [4.69, 9.17) is 10.5 Å². The molecule has 0 aromatic heterocycles. The predicted octanol–water partition coefficient (Wildman–Crippen LogP) is 2.00. The smallest absolute Gasteiger partial charge is 0.241 e. The van der Waals surface area contributed by atoms with Crippen LogP contribution in [0.25, 0.3) is 0 Å². The molecule has 2 unspecified atom stereocenters. The first-order valence-electron chi connectivity index (χ1n) is 11.1. The molecule has 34 heavy (non-hydrogen) atoms. The summed E-state index contributed by atoms with van der Waals surface area (Å²) < 4.78 is 37.1. The van der Waals surface area contributed by atoms with E-state index in [9.17, 15) is 18.2 Å². The maximum Gasteiger partial charge on any atom is 0.241 e. The molecule has 6 rings (SSSR count). The van der Waals surface area contributed by atoms with Crippen molar-refractivity contribution in [2.45, 2.75) is 42.5 Å². The van der Waals surface area contributed by atoms with Crippen molar-refractivity contribution in [1.29, 1.82) is 0 Å². The van der Waals surface area contributed by atoms with Gasteiger partial charge in [-0.15, -0.1) is 0 Å². The number of piperidine rings is 1. The maximum atomic E-state index is 13.8. The van der Waals surface area contributed by atoms with Gasteiger partial charge >= 0.3 is 0 Å². The van der Waals surface area contributed by atoms with Crippen LogP contribution in [0, 0.1) is 17.7 Å². The van der Waals surface area contributed by atoms with Crippen LogP contribution in [0.5, 0.6) is 0 Å². The predicted molar refractivity (Wildman–Crippen MR) is 126 cm³/mol. The van der Waals surface area contributed by atoms with Gasteiger partial charge in [0.2, 0.25) is 5.91 Å². The highest BCUT2D eigenvalue weighted by molar-refractivity contribution is 7.99. The van der Waals surface area contributed by atoms with Crippen LogP contribution in [-0.2, 0) is 30.6 Å². The Bertz CT molecular complexity index is 1360. The van der Waals surface area contributed by atoms with Gasteiger partial charge in [-0.2, -0.15) is 4.40 Å². The molecule has 6 atom stereocenters. The zero-order valence-corrected chi connectivity index (χ0v) is 19.0. The Balaban J connectivity index is 1.41. The Hall–Kier alpha value is -3.24. The van der Waals surface area contributed by atoms with Crippen molar-refractivity contribution in [3.8, 4) is 0 Å². The summed E-state index contributed by atoms with van der Waals surface area (Å²) in [6, 6.07) is 10.3. The van der Waals surface area contributed by atoms with Crippen molar-refractivity contribution < 1.29 is 22.9 Å². The molecule has 10 heteroatoms. The van der Waals surface area contributed by atoms with Gasteiger partial charge in [0.1, 0.15) is 11.7 Å². The molecule has 3 N–H and O–H groups in total. The first-order chi connectivity index (χ1) is 16.2. The van der Waals surface area contributed by atoms with E-state index in [1.54, 1.807) is 29.2 Å². The number of amides is 1. The largest absolute Gasteiger partial charge is 0.399 e. The Labute approximate surface area is 196 Å². The Kier molecular flexibility index (Phi) is 4.62. The lowest BCUT2D eigenvalue weighted by Gasteiger charge is -2.44. The highest BCUT2D eigenvalue weighted by atomic mass is 32.2. The summed E-state index contributed by atoms with van der Waals surface area (Å²) in [5.74, 6) is 0.944. The maximum absolute atomic E-state index is 13.8.